The monoisotopic (exact) mass is 364 g/mol. The third-order valence-electron chi connectivity index (χ3n) is 3.10. The number of ether oxygens (including phenoxy) is 1. The van der Waals surface area contributed by atoms with Gasteiger partial charge in [0.05, 0.1) is 4.88 Å². The van der Waals surface area contributed by atoms with Crippen molar-refractivity contribution >= 4 is 27.3 Å². The minimum atomic E-state index is -4.58. The van der Waals surface area contributed by atoms with E-state index in [1.165, 1.54) is 18.2 Å². The molecule has 2 heterocycles. The molecule has 2 unspecified atom stereocenters. The predicted octanol–water partition coefficient (Wildman–Crippen LogP) is 4.34. The molecule has 0 saturated heterocycles. The fourth-order valence-corrected chi connectivity index (χ4v) is 3.39. The first-order valence-corrected chi connectivity index (χ1v) is 7.30. The standard InChI is InChI=1S/C13H8BrF3O2S/c14-7-3-4-8-9(6-7)12(18,10-2-1-5-20-10)19-11(8)13(15,16)17/h1-6,11,18H. The summed E-state index contributed by atoms with van der Waals surface area (Å²) in [5.41, 5.74) is 0.0632. The Morgan fingerprint density at radius 3 is 2.65 bits per heavy atom. The summed E-state index contributed by atoms with van der Waals surface area (Å²) in [4.78, 5) is 0.323. The summed E-state index contributed by atoms with van der Waals surface area (Å²) < 4.78 is 44.8. The van der Waals surface area contributed by atoms with Gasteiger partial charge in [-0.3, -0.25) is 0 Å². The van der Waals surface area contributed by atoms with E-state index in [9.17, 15) is 18.3 Å². The Morgan fingerprint density at radius 2 is 2.05 bits per heavy atom. The fraction of sp³-hybridized carbons (Fsp3) is 0.231. The van der Waals surface area contributed by atoms with Crippen LogP contribution >= 0.6 is 27.3 Å². The zero-order chi connectivity index (χ0) is 14.5. The first kappa shape index (κ1) is 14.1. The second-order valence-electron chi connectivity index (χ2n) is 4.39. The van der Waals surface area contributed by atoms with Crippen LogP contribution in [0.1, 0.15) is 22.1 Å². The van der Waals surface area contributed by atoms with Gasteiger partial charge in [-0.05, 0) is 29.1 Å². The second-order valence-corrected chi connectivity index (χ2v) is 6.26. The Hall–Kier alpha value is -0.890. The maximum Gasteiger partial charge on any atom is 0.419 e. The molecule has 106 valence electrons. The molecule has 3 rings (SSSR count). The van der Waals surface area contributed by atoms with Gasteiger partial charge in [0.1, 0.15) is 0 Å². The van der Waals surface area contributed by atoms with Crippen LogP contribution in [0.3, 0.4) is 0 Å². The first-order valence-electron chi connectivity index (χ1n) is 5.63. The minimum absolute atomic E-state index is 0.0587. The van der Waals surface area contributed by atoms with Gasteiger partial charge in [-0.15, -0.1) is 11.3 Å². The molecule has 0 aliphatic carbocycles. The van der Waals surface area contributed by atoms with Crippen molar-refractivity contribution in [2.24, 2.45) is 0 Å². The number of benzene rings is 1. The van der Waals surface area contributed by atoms with Crippen molar-refractivity contribution in [2.75, 3.05) is 0 Å². The Balaban J connectivity index is 2.20. The quantitative estimate of drug-likeness (QED) is 0.815. The zero-order valence-corrected chi connectivity index (χ0v) is 12.2. The number of fused-ring (bicyclic) bond motifs is 1. The van der Waals surface area contributed by atoms with Crippen LogP contribution in [0.25, 0.3) is 0 Å². The van der Waals surface area contributed by atoms with E-state index in [2.05, 4.69) is 15.9 Å². The summed E-state index contributed by atoms with van der Waals surface area (Å²) in [5, 5.41) is 12.3. The number of alkyl halides is 3. The van der Waals surface area contributed by atoms with Crippen LogP contribution in [0, 0.1) is 0 Å². The smallest absolute Gasteiger partial charge is 0.357 e. The van der Waals surface area contributed by atoms with E-state index >= 15 is 0 Å². The Labute approximate surface area is 124 Å². The molecule has 7 heteroatoms. The molecule has 1 aliphatic heterocycles. The van der Waals surface area contributed by atoms with Gasteiger partial charge in [0.15, 0.2) is 6.10 Å². The first-order chi connectivity index (χ1) is 9.32. The Morgan fingerprint density at radius 1 is 1.30 bits per heavy atom. The van der Waals surface area contributed by atoms with Gasteiger partial charge >= 0.3 is 6.18 Å². The molecule has 2 atom stereocenters. The largest absolute Gasteiger partial charge is 0.419 e. The lowest BCUT2D eigenvalue weighted by molar-refractivity contribution is -0.283. The third-order valence-corrected chi connectivity index (χ3v) is 4.56. The Bertz CT molecular complexity index is 642. The van der Waals surface area contributed by atoms with E-state index < -0.39 is 18.1 Å². The molecule has 0 radical (unpaired) electrons. The van der Waals surface area contributed by atoms with Gasteiger partial charge in [-0.2, -0.15) is 13.2 Å². The summed E-state index contributed by atoms with van der Waals surface area (Å²) in [7, 11) is 0. The highest BCUT2D eigenvalue weighted by Crippen LogP contribution is 2.52. The van der Waals surface area contributed by atoms with Gasteiger partial charge in [0.2, 0.25) is 5.79 Å². The van der Waals surface area contributed by atoms with Crippen LogP contribution in [0.15, 0.2) is 40.2 Å². The van der Waals surface area contributed by atoms with E-state index in [0.717, 1.165) is 11.3 Å². The average Bonchev–Trinajstić information content (AvgIpc) is 2.96. The van der Waals surface area contributed by atoms with Crippen molar-refractivity contribution < 1.29 is 23.0 Å². The van der Waals surface area contributed by atoms with Crippen LogP contribution < -0.4 is 0 Å². The molecule has 1 aromatic carbocycles. The van der Waals surface area contributed by atoms with Crippen molar-refractivity contribution in [1.29, 1.82) is 0 Å². The number of aliphatic hydroxyl groups is 1. The molecule has 0 saturated carbocycles. The van der Waals surface area contributed by atoms with Crippen LogP contribution in [0.2, 0.25) is 0 Å². The molecule has 1 N–H and O–H groups in total. The summed E-state index contributed by atoms with van der Waals surface area (Å²) in [6, 6.07) is 7.49. The van der Waals surface area contributed by atoms with E-state index in [4.69, 9.17) is 4.74 Å². The van der Waals surface area contributed by atoms with Crippen molar-refractivity contribution in [2.45, 2.75) is 18.1 Å². The highest BCUT2D eigenvalue weighted by molar-refractivity contribution is 9.10. The van der Waals surface area contributed by atoms with E-state index in [-0.39, 0.29) is 11.1 Å². The summed E-state index contributed by atoms with van der Waals surface area (Å²) in [6.45, 7) is 0. The Kier molecular flexibility index (Phi) is 3.20. The number of halogens is 4. The van der Waals surface area contributed by atoms with Crippen LogP contribution in [-0.4, -0.2) is 11.3 Å². The maximum atomic E-state index is 13.1. The van der Waals surface area contributed by atoms with Gasteiger partial charge < -0.3 is 9.84 Å². The van der Waals surface area contributed by atoms with Gasteiger partial charge in [0, 0.05) is 10.0 Å². The minimum Gasteiger partial charge on any atom is -0.357 e. The summed E-state index contributed by atoms with van der Waals surface area (Å²) in [6.07, 6.45) is -6.71. The molecule has 0 amide bonds. The SMILES string of the molecule is OC1(c2cccs2)OC(C(F)(F)F)c2ccc(Br)cc21. The molecule has 0 spiro atoms. The lowest BCUT2D eigenvalue weighted by atomic mass is 9.98. The third kappa shape index (κ3) is 2.09. The molecule has 1 aliphatic rings. The van der Waals surface area contributed by atoms with Crippen LogP contribution in [0.5, 0.6) is 0 Å². The fourth-order valence-electron chi connectivity index (χ4n) is 2.25. The highest BCUT2D eigenvalue weighted by atomic mass is 79.9. The molecule has 0 fully saturated rings. The van der Waals surface area contributed by atoms with Crippen molar-refractivity contribution in [1.82, 2.24) is 0 Å². The number of hydrogen-bond acceptors (Lipinski definition) is 3. The number of thiophene rings is 1. The second kappa shape index (κ2) is 4.56. The lowest BCUT2D eigenvalue weighted by Gasteiger charge is -2.24. The van der Waals surface area contributed by atoms with Gasteiger partial charge in [-0.1, -0.05) is 28.1 Å². The van der Waals surface area contributed by atoms with Gasteiger partial charge in [0.25, 0.3) is 0 Å². The average molecular weight is 365 g/mol. The van der Waals surface area contributed by atoms with Gasteiger partial charge in [-0.25, -0.2) is 0 Å². The summed E-state index contributed by atoms with van der Waals surface area (Å²) in [5.74, 6) is -2.06. The molecule has 2 nitrogen and oxygen atoms in total. The van der Waals surface area contributed by atoms with Crippen molar-refractivity contribution in [3.63, 3.8) is 0 Å². The molecule has 0 bridgehead atoms. The molecular weight excluding hydrogens is 357 g/mol. The normalized spacial score (nSPS) is 25.8. The zero-order valence-electron chi connectivity index (χ0n) is 9.82. The van der Waals surface area contributed by atoms with Crippen LogP contribution in [0.4, 0.5) is 13.2 Å². The number of hydrogen-bond donors (Lipinski definition) is 1. The van der Waals surface area contributed by atoms with E-state index in [1.807, 2.05) is 0 Å². The predicted molar refractivity (Wildman–Crippen MR) is 71.3 cm³/mol. The van der Waals surface area contributed by atoms with Crippen molar-refractivity contribution in [3.05, 3.63) is 56.2 Å². The maximum absolute atomic E-state index is 13.1. The van der Waals surface area contributed by atoms with Crippen molar-refractivity contribution in [3.8, 4) is 0 Å². The molecular formula is C13H8BrF3O2S. The summed E-state index contributed by atoms with van der Waals surface area (Å²) >= 11 is 4.35. The van der Waals surface area contributed by atoms with E-state index in [1.54, 1.807) is 17.5 Å². The van der Waals surface area contributed by atoms with Crippen LogP contribution in [-0.2, 0) is 10.5 Å². The van der Waals surface area contributed by atoms with E-state index in [0.29, 0.717) is 9.35 Å². The molecule has 20 heavy (non-hydrogen) atoms. The lowest BCUT2D eigenvalue weighted by Crippen LogP contribution is -2.29. The molecule has 1 aromatic heterocycles. The molecule has 2 aromatic rings. The number of rotatable bonds is 1. The highest BCUT2D eigenvalue weighted by Gasteiger charge is 2.55. The topological polar surface area (TPSA) is 29.5 Å².